The van der Waals surface area contributed by atoms with Crippen LogP contribution in [0.4, 0.5) is 22.7 Å². The number of benzene rings is 2. The number of amides is 1. The molecular weight excluding hydrogens is 382 g/mol. The van der Waals surface area contributed by atoms with E-state index in [4.69, 9.17) is 0 Å². The van der Waals surface area contributed by atoms with Crippen LogP contribution in [0.15, 0.2) is 42.5 Å². The highest BCUT2D eigenvalue weighted by molar-refractivity contribution is 6.05. The molecule has 8 nitrogen and oxygen atoms in total. The van der Waals surface area contributed by atoms with Crippen LogP contribution in [-0.4, -0.2) is 62.0 Å². The summed E-state index contributed by atoms with van der Waals surface area (Å²) in [5.41, 5.74) is 2.66. The molecule has 2 saturated heterocycles. The fourth-order valence-corrected chi connectivity index (χ4v) is 4.06. The van der Waals surface area contributed by atoms with Crippen molar-refractivity contribution in [1.29, 1.82) is 0 Å². The Labute approximate surface area is 176 Å². The van der Waals surface area contributed by atoms with Crippen molar-refractivity contribution in [2.45, 2.75) is 12.8 Å². The van der Waals surface area contributed by atoms with Gasteiger partial charge in [-0.25, -0.2) is 0 Å². The standard InChI is InChI=1S/C22H27N5O3/c1-24-12-14-25(15-13-24)19-7-5-18(6-8-19)23-22(28)17-4-9-20(21(16-17)27(29)30)26-10-2-3-11-26/h4-9,16H,2-3,10-15H2,1H3,(H,23,28). The quantitative estimate of drug-likeness (QED) is 0.603. The molecule has 2 aliphatic rings. The van der Waals surface area contributed by atoms with E-state index in [1.807, 2.05) is 29.2 Å². The average Bonchev–Trinajstić information content (AvgIpc) is 3.29. The molecule has 2 aromatic carbocycles. The van der Waals surface area contributed by atoms with Gasteiger partial charge in [0.05, 0.1) is 4.92 Å². The number of rotatable bonds is 5. The van der Waals surface area contributed by atoms with Crippen molar-refractivity contribution in [1.82, 2.24) is 4.90 Å². The third-order valence-corrected chi connectivity index (χ3v) is 5.87. The van der Waals surface area contributed by atoms with Gasteiger partial charge < -0.3 is 20.0 Å². The zero-order valence-corrected chi connectivity index (χ0v) is 17.2. The molecule has 2 aliphatic heterocycles. The zero-order chi connectivity index (χ0) is 21.1. The summed E-state index contributed by atoms with van der Waals surface area (Å²) in [6, 6.07) is 12.5. The Kier molecular flexibility index (Phi) is 5.85. The van der Waals surface area contributed by atoms with Crippen LogP contribution >= 0.6 is 0 Å². The largest absolute Gasteiger partial charge is 0.369 e. The Morgan fingerprint density at radius 2 is 1.60 bits per heavy atom. The lowest BCUT2D eigenvalue weighted by molar-refractivity contribution is -0.384. The summed E-state index contributed by atoms with van der Waals surface area (Å²) < 4.78 is 0. The molecule has 0 saturated carbocycles. The van der Waals surface area contributed by atoms with Crippen LogP contribution in [-0.2, 0) is 0 Å². The van der Waals surface area contributed by atoms with Crippen LogP contribution in [0.1, 0.15) is 23.2 Å². The number of nitro benzene ring substituents is 1. The highest BCUT2D eigenvalue weighted by Gasteiger charge is 2.24. The summed E-state index contributed by atoms with van der Waals surface area (Å²) >= 11 is 0. The number of hydrogen-bond acceptors (Lipinski definition) is 6. The van der Waals surface area contributed by atoms with Gasteiger partial charge in [0.15, 0.2) is 0 Å². The van der Waals surface area contributed by atoms with Crippen molar-refractivity contribution < 1.29 is 9.72 Å². The number of anilines is 3. The van der Waals surface area contributed by atoms with Gasteiger partial charge in [-0.2, -0.15) is 0 Å². The van der Waals surface area contributed by atoms with Gasteiger partial charge in [0.2, 0.25) is 0 Å². The van der Waals surface area contributed by atoms with E-state index < -0.39 is 4.92 Å². The molecule has 1 amide bonds. The molecule has 158 valence electrons. The van der Waals surface area contributed by atoms with Gasteiger partial charge in [0.25, 0.3) is 11.6 Å². The second kappa shape index (κ2) is 8.71. The van der Waals surface area contributed by atoms with Crippen molar-refractivity contribution in [3.05, 3.63) is 58.1 Å². The summed E-state index contributed by atoms with van der Waals surface area (Å²) in [6.07, 6.45) is 2.06. The predicted octanol–water partition coefficient (Wildman–Crippen LogP) is 3.20. The Hall–Kier alpha value is -3.13. The van der Waals surface area contributed by atoms with Gasteiger partial charge >= 0.3 is 0 Å². The van der Waals surface area contributed by atoms with E-state index in [2.05, 4.69) is 22.2 Å². The summed E-state index contributed by atoms with van der Waals surface area (Å²) in [7, 11) is 2.12. The van der Waals surface area contributed by atoms with Crippen molar-refractivity contribution in [2.75, 3.05) is 61.4 Å². The van der Waals surface area contributed by atoms with E-state index >= 15 is 0 Å². The predicted molar refractivity (Wildman–Crippen MR) is 119 cm³/mol. The average molecular weight is 409 g/mol. The zero-order valence-electron chi connectivity index (χ0n) is 17.2. The van der Waals surface area contributed by atoms with E-state index in [1.54, 1.807) is 12.1 Å². The number of likely N-dealkylation sites (N-methyl/N-ethyl adjacent to an activating group) is 1. The van der Waals surface area contributed by atoms with Gasteiger partial charge in [-0.1, -0.05) is 0 Å². The van der Waals surface area contributed by atoms with Crippen LogP contribution in [0, 0.1) is 10.1 Å². The molecule has 0 radical (unpaired) electrons. The number of hydrogen-bond donors (Lipinski definition) is 1. The topological polar surface area (TPSA) is 82.0 Å². The first-order chi connectivity index (χ1) is 14.5. The van der Waals surface area contributed by atoms with Crippen LogP contribution in [0.3, 0.4) is 0 Å². The van der Waals surface area contributed by atoms with E-state index in [1.165, 1.54) is 6.07 Å². The number of nitrogens with zero attached hydrogens (tertiary/aromatic N) is 4. The molecule has 2 aromatic rings. The van der Waals surface area contributed by atoms with Gasteiger partial charge in [0.1, 0.15) is 5.69 Å². The lowest BCUT2D eigenvalue weighted by Gasteiger charge is -2.34. The van der Waals surface area contributed by atoms with E-state index in [-0.39, 0.29) is 17.2 Å². The third kappa shape index (κ3) is 4.38. The molecule has 8 heteroatoms. The second-order valence-electron chi connectivity index (χ2n) is 7.95. The minimum absolute atomic E-state index is 0.0186. The highest BCUT2D eigenvalue weighted by Crippen LogP contribution is 2.32. The molecule has 0 aromatic heterocycles. The summed E-state index contributed by atoms with van der Waals surface area (Å²) in [5, 5.41) is 14.4. The first-order valence-electron chi connectivity index (χ1n) is 10.4. The molecule has 0 atom stereocenters. The maximum absolute atomic E-state index is 12.7. The fourth-order valence-electron chi connectivity index (χ4n) is 4.06. The fraction of sp³-hybridized carbons (Fsp3) is 0.409. The van der Waals surface area contributed by atoms with Crippen molar-refractivity contribution in [3.8, 4) is 0 Å². The lowest BCUT2D eigenvalue weighted by atomic mass is 10.1. The summed E-state index contributed by atoms with van der Waals surface area (Å²) in [5.74, 6) is -0.349. The minimum atomic E-state index is -0.407. The van der Waals surface area contributed by atoms with E-state index in [9.17, 15) is 14.9 Å². The molecule has 2 heterocycles. The minimum Gasteiger partial charge on any atom is -0.369 e. The van der Waals surface area contributed by atoms with E-state index in [0.29, 0.717) is 11.4 Å². The molecule has 4 rings (SSSR count). The van der Waals surface area contributed by atoms with Gasteiger partial charge in [0, 0.05) is 62.3 Å². The molecule has 0 unspecified atom stereocenters. The van der Waals surface area contributed by atoms with E-state index in [0.717, 1.165) is 57.8 Å². The molecule has 0 bridgehead atoms. The Morgan fingerprint density at radius 1 is 0.933 bits per heavy atom. The maximum atomic E-state index is 12.7. The van der Waals surface area contributed by atoms with Gasteiger partial charge in [-0.3, -0.25) is 14.9 Å². The normalized spacial score (nSPS) is 17.2. The van der Waals surface area contributed by atoms with Crippen molar-refractivity contribution >= 4 is 28.7 Å². The second-order valence-corrected chi connectivity index (χ2v) is 7.95. The van der Waals surface area contributed by atoms with Crippen molar-refractivity contribution in [3.63, 3.8) is 0 Å². The summed E-state index contributed by atoms with van der Waals surface area (Å²) in [6.45, 7) is 5.65. The lowest BCUT2D eigenvalue weighted by Crippen LogP contribution is -2.44. The van der Waals surface area contributed by atoms with Crippen LogP contribution in [0.25, 0.3) is 0 Å². The highest BCUT2D eigenvalue weighted by atomic mass is 16.6. The molecular formula is C22H27N5O3. The van der Waals surface area contributed by atoms with Crippen LogP contribution in [0.5, 0.6) is 0 Å². The number of carbonyl (C=O) groups excluding carboxylic acids is 1. The molecule has 0 spiro atoms. The Morgan fingerprint density at radius 3 is 2.23 bits per heavy atom. The first kappa shape index (κ1) is 20.2. The number of nitro groups is 1. The monoisotopic (exact) mass is 409 g/mol. The molecule has 1 N–H and O–H groups in total. The number of carbonyl (C=O) groups is 1. The van der Waals surface area contributed by atoms with Gasteiger partial charge in [-0.15, -0.1) is 0 Å². The number of nitrogens with one attached hydrogen (secondary N) is 1. The van der Waals surface area contributed by atoms with Gasteiger partial charge in [-0.05, 0) is 56.3 Å². The van der Waals surface area contributed by atoms with Crippen LogP contribution in [0.2, 0.25) is 0 Å². The Bertz CT molecular complexity index is 917. The smallest absolute Gasteiger partial charge is 0.293 e. The first-order valence-corrected chi connectivity index (χ1v) is 10.4. The Balaban J connectivity index is 1.45. The maximum Gasteiger partial charge on any atom is 0.293 e. The molecule has 2 fully saturated rings. The van der Waals surface area contributed by atoms with Crippen LogP contribution < -0.4 is 15.1 Å². The molecule has 30 heavy (non-hydrogen) atoms. The SMILES string of the molecule is CN1CCN(c2ccc(NC(=O)c3ccc(N4CCCC4)c([N+](=O)[O-])c3)cc2)CC1. The summed E-state index contributed by atoms with van der Waals surface area (Å²) in [4.78, 5) is 30.5. The number of piperazine rings is 1. The van der Waals surface area contributed by atoms with Crippen molar-refractivity contribution in [2.24, 2.45) is 0 Å². The molecule has 0 aliphatic carbocycles. The third-order valence-electron chi connectivity index (χ3n) is 5.87.